The number of nitrogens with two attached hydrogens (primary N) is 2. The zero-order chi connectivity index (χ0) is 19.9. The van der Waals surface area contributed by atoms with Crippen LogP contribution in [0.25, 0.3) is 0 Å². The Hall–Kier alpha value is -2.83. The molecule has 5 N–H and O–H groups in total. The lowest BCUT2D eigenvalue weighted by Gasteiger charge is -2.26. The van der Waals surface area contributed by atoms with Gasteiger partial charge in [-0.05, 0) is 31.2 Å². The van der Waals surface area contributed by atoms with Crippen LogP contribution in [0.3, 0.4) is 0 Å². The molecule has 0 bridgehead atoms. The molecule has 2 amide bonds. The summed E-state index contributed by atoms with van der Waals surface area (Å²) < 4.78 is 24.7. The van der Waals surface area contributed by atoms with E-state index in [1.54, 1.807) is 60.7 Å². The second-order valence-electron chi connectivity index (χ2n) is 5.81. The number of benzene rings is 2. The van der Waals surface area contributed by atoms with E-state index in [1.165, 1.54) is 6.92 Å². The van der Waals surface area contributed by atoms with E-state index in [1.807, 2.05) is 0 Å². The van der Waals surface area contributed by atoms with Crippen molar-refractivity contribution in [1.82, 2.24) is 5.32 Å². The summed E-state index contributed by atoms with van der Waals surface area (Å²) in [4.78, 5) is 23.1. The zero-order valence-electron chi connectivity index (χ0n) is 14.8. The third-order valence-corrected chi connectivity index (χ3v) is 5.54. The lowest BCUT2D eigenvalue weighted by Crippen LogP contribution is -2.46. The van der Waals surface area contributed by atoms with Gasteiger partial charge in [0.1, 0.15) is 11.5 Å². The van der Waals surface area contributed by atoms with Crippen LogP contribution in [-0.4, -0.2) is 23.6 Å². The maximum atomic E-state index is 13.4. The molecule has 0 fully saturated rings. The first kappa shape index (κ1) is 20.5. The molecule has 0 radical (unpaired) electrons. The van der Waals surface area contributed by atoms with Gasteiger partial charge >= 0.3 is 7.60 Å². The first-order chi connectivity index (χ1) is 12.8. The molecule has 2 aromatic carbocycles. The van der Waals surface area contributed by atoms with E-state index in [0.717, 1.165) is 0 Å². The maximum Gasteiger partial charge on any atom is 0.452 e. The van der Waals surface area contributed by atoms with Crippen molar-refractivity contribution < 1.29 is 23.2 Å². The van der Waals surface area contributed by atoms with Gasteiger partial charge in [-0.2, -0.15) is 0 Å². The molecule has 0 aromatic heterocycles. The Morgan fingerprint density at radius 2 is 1.44 bits per heavy atom. The summed E-state index contributed by atoms with van der Waals surface area (Å²) in [6.07, 6.45) is -0.331. The van der Waals surface area contributed by atoms with E-state index in [2.05, 4.69) is 5.32 Å². The fourth-order valence-electron chi connectivity index (χ4n) is 2.13. The lowest BCUT2D eigenvalue weighted by molar-refractivity contribution is -0.126. The number of amides is 2. The molecule has 0 aliphatic rings. The first-order valence-corrected chi connectivity index (χ1v) is 9.84. The predicted octanol–water partition coefficient (Wildman–Crippen LogP) is 2.00. The van der Waals surface area contributed by atoms with Crippen molar-refractivity contribution in [2.24, 2.45) is 11.5 Å². The van der Waals surface area contributed by atoms with Crippen LogP contribution in [0.1, 0.15) is 13.3 Å². The largest absolute Gasteiger partial charge is 0.452 e. The number of para-hydroxylation sites is 2. The normalized spacial score (nSPS) is 13.3. The molecule has 2 aromatic rings. The van der Waals surface area contributed by atoms with E-state index < -0.39 is 31.2 Å². The number of hydrogen-bond donors (Lipinski definition) is 3. The highest BCUT2D eigenvalue weighted by Crippen LogP contribution is 2.51. The fraction of sp³-hybridized carbons (Fsp3) is 0.222. The van der Waals surface area contributed by atoms with Crippen molar-refractivity contribution in [3.8, 4) is 11.5 Å². The van der Waals surface area contributed by atoms with E-state index in [0.29, 0.717) is 11.5 Å². The smallest absolute Gasteiger partial charge is 0.415 e. The molecule has 0 saturated carbocycles. The van der Waals surface area contributed by atoms with Crippen molar-refractivity contribution >= 4 is 19.4 Å². The van der Waals surface area contributed by atoms with Crippen molar-refractivity contribution in [1.29, 1.82) is 0 Å². The van der Waals surface area contributed by atoms with Gasteiger partial charge in [0.05, 0.1) is 12.5 Å². The van der Waals surface area contributed by atoms with Gasteiger partial charge < -0.3 is 25.8 Å². The van der Waals surface area contributed by atoms with Crippen molar-refractivity contribution in [2.75, 3.05) is 0 Å². The minimum Gasteiger partial charge on any atom is -0.415 e. The second kappa shape index (κ2) is 9.21. The van der Waals surface area contributed by atoms with Gasteiger partial charge in [-0.1, -0.05) is 36.4 Å². The molecule has 144 valence electrons. The van der Waals surface area contributed by atoms with E-state index >= 15 is 0 Å². The first-order valence-electron chi connectivity index (χ1n) is 8.23. The molecule has 0 aliphatic heterocycles. The minimum absolute atomic E-state index is 0.319. The molecule has 2 atom stereocenters. The Bertz CT molecular complexity index is 771. The van der Waals surface area contributed by atoms with Crippen LogP contribution in [0, 0.1) is 0 Å². The van der Waals surface area contributed by atoms with Crippen molar-refractivity contribution in [2.45, 2.75) is 25.2 Å². The molecular weight excluding hydrogens is 369 g/mol. The highest BCUT2D eigenvalue weighted by Gasteiger charge is 2.38. The Morgan fingerprint density at radius 1 is 1.00 bits per heavy atom. The average molecular weight is 391 g/mol. The van der Waals surface area contributed by atoms with E-state index in [9.17, 15) is 14.2 Å². The van der Waals surface area contributed by atoms with Crippen LogP contribution < -0.4 is 25.8 Å². The summed E-state index contributed by atoms with van der Waals surface area (Å²) in [5.74, 6) is -1.80. The summed E-state index contributed by atoms with van der Waals surface area (Å²) in [6, 6.07) is 15.7. The summed E-state index contributed by atoms with van der Waals surface area (Å²) in [5.41, 5.74) is 10.7. The van der Waals surface area contributed by atoms with E-state index in [4.69, 9.17) is 20.5 Å². The molecule has 9 heteroatoms. The van der Waals surface area contributed by atoms with Crippen molar-refractivity contribution in [3.05, 3.63) is 60.7 Å². The van der Waals surface area contributed by atoms with Gasteiger partial charge in [0.2, 0.25) is 11.8 Å². The Morgan fingerprint density at radius 3 is 1.85 bits per heavy atom. The molecule has 0 spiro atoms. The second-order valence-corrected chi connectivity index (χ2v) is 8.03. The molecule has 8 nitrogen and oxygen atoms in total. The SMILES string of the molecule is CC(NC(=O)[C@@H](N)CC(N)=O)P(=O)(Oc1ccccc1)Oc1ccccc1. The molecular formula is C18H22N3O5P. The Balaban J connectivity index is 2.21. The van der Waals surface area contributed by atoms with E-state index in [-0.39, 0.29) is 6.42 Å². The number of hydrogen-bond acceptors (Lipinski definition) is 6. The van der Waals surface area contributed by atoms with Gasteiger partial charge in [-0.3, -0.25) is 9.59 Å². The summed E-state index contributed by atoms with van der Waals surface area (Å²) in [5, 5.41) is 2.48. The average Bonchev–Trinajstić information content (AvgIpc) is 2.62. The van der Waals surface area contributed by atoms with Crippen LogP contribution in [0.4, 0.5) is 0 Å². The monoisotopic (exact) mass is 391 g/mol. The summed E-state index contributed by atoms with van der Waals surface area (Å²) >= 11 is 0. The lowest BCUT2D eigenvalue weighted by atomic mass is 10.2. The number of rotatable bonds is 9. The molecule has 0 heterocycles. The van der Waals surface area contributed by atoms with Crippen LogP contribution in [0.2, 0.25) is 0 Å². The van der Waals surface area contributed by atoms with Crippen LogP contribution in [0.15, 0.2) is 60.7 Å². The number of carbonyl (C=O) groups excluding carboxylic acids is 2. The molecule has 0 saturated heterocycles. The predicted molar refractivity (Wildman–Crippen MR) is 101 cm³/mol. The Kier molecular flexibility index (Phi) is 6.98. The molecule has 0 aliphatic carbocycles. The zero-order valence-corrected chi connectivity index (χ0v) is 15.7. The summed E-state index contributed by atoms with van der Waals surface area (Å²) in [7, 11) is -3.89. The Labute approximate surface area is 157 Å². The number of nitrogens with one attached hydrogen (secondary N) is 1. The van der Waals surface area contributed by atoms with Gasteiger partial charge in [-0.15, -0.1) is 0 Å². The topological polar surface area (TPSA) is 134 Å². The summed E-state index contributed by atoms with van der Waals surface area (Å²) in [6.45, 7) is 1.47. The van der Waals surface area contributed by atoms with Crippen LogP contribution >= 0.6 is 7.60 Å². The standard InChI is InChI=1S/C18H22N3O5P/c1-13(21-18(23)16(19)12-17(20)22)27(24,25-14-8-4-2-5-9-14)26-15-10-6-3-7-11-15/h2-11,13,16H,12,19H2,1H3,(H2,20,22)(H,21,23)/t13?,16-/m0/s1. The van der Waals surface area contributed by atoms with Crippen LogP contribution in [0.5, 0.6) is 11.5 Å². The highest BCUT2D eigenvalue weighted by atomic mass is 31.2. The number of carbonyl (C=O) groups is 2. The minimum atomic E-state index is -3.89. The highest BCUT2D eigenvalue weighted by molar-refractivity contribution is 7.55. The maximum absolute atomic E-state index is 13.4. The van der Waals surface area contributed by atoms with Crippen molar-refractivity contribution in [3.63, 3.8) is 0 Å². The fourth-order valence-corrected chi connectivity index (χ4v) is 3.60. The van der Waals surface area contributed by atoms with Gasteiger partial charge in [-0.25, -0.2) is 4.57 Å². The quantitative estimate of drug-likeness (QED) is 0.560. The number of primary amides is 1. The molecule has 1 unspecified atom stereocenters. The van der Waals surface area contributed by atoms with Gasteiger partial charge in [0, 0.05) is 0 Å². The molecule has 2 rings (SSSR count). The van der Waals surface area contributed by atoms with Gasteiger partial charge in [0.25, 0.3) is 0 Å². The van der Waals surface area contributed by atoms with Crippen LogP contribution in [-0.2, 0) is 14.2 Å². The van der Waals surface area contributed by atoms with Gasteiger partial charge in [0.15, 0.2) is 5.78 Å². The third-order valence-electron chi connectivity index (χ3n) is 3.54. The third kappa shape index (κ3) is 6.13. The molecule has 27 heavy (non-hydrogen) atoms.